The number of primary amides is 1. The van der Waals surface area contributed by atoms with Crippen molar-refractivity contribution in [2.75, 3.05) is 0 Å². The number of nitrogens with zero attached hydrogens (tertiary/aromatic N) is 2. The van der Waals surface area contributed by atoms with E-state index < -0.39 is 11.4 Å². The molecule has 0 saturated carbocycles. The van der Waals surface area contributed by atoms with Gasteiger partial charge >= 0.3 is 0 Å². The highest BCUT2D eigenvalue weighted by Gasteiger charge is 2.28. The Bertz CT molecular complexity index is 361. The minimum Gasteiger partial charge on any atom is -0.368 e. The first-order valence-corrected chi connectivity index (χ1v) is 4.99. The van der Waals surface area contributed by atoms with Gasteiger partial charge in [0.15, 0.2) is 0 Å². The van der Waals surface area contributed by atoms with E-state index in [9.17, 15) is 4.79 Å². The van der Waals surface area contributed by atoms with Crippen LogP contribution in [0.1, 0.15) is 26.3 Å². The summed E-state index contributed by atoms with van der Waals surface area (Å²) in [6.07, 6.45) is 3.64. The first-order valence-electron chi connectivity index (χ1n) is 4.61. The molecule has 0 aliphatic rings. The topological polar surface area (TPSA) is 86.9 Å². The number of hydrogen-bond acceptors (Lipinski definition) is 3. The van der Waals surface area contributed by atoms with Crippen molar-refractivity contribution >= 4 is 17.5 Å². The summed E-state index contributed by atoms with van der Waals surface area (Å²) in [6, 6.07) is -0.0278. The van der Waals surface area contributed by atoms with Crippen LogP contribution in [0, 0.1) is 0 Å². The minimum absolute atomic E-state index is 0.0278. The van der Waals surface area contributed by atoms with Gasteiger partial charge < -0.3 is 11.5 Å². The molecule has 0 fully saturated rings. The van der Waals surface area contributed by atoms with Gasteiger partial charge in [0.2, 0.25) is 5.91 Å². The normalized spacial score (nSPS) is 17.1. The smallest absolute Gasteiger partial charge is 0.237 e. The van der Waals surface area contributed by atoms with E-state index in [4.69, 9.17) is 23.1 Å². The Kier molecular flexibility index (Phi) is 3.36. The second-order valence-electron chi connectivity index (χ2n) is 3.97. The highest BCUT2D eigenvalue weighted by Crippen LogP contribution is 2.19. The van der Waals surface area contributed by atoms with Crippen molar-refractivity contribution in [3.8, 4) is 0 Å². The molecule has 2 unspecified atom stereocenters. The molecule has 1 amide bonds. The maximum atomic E-state index is 11.0. The number of aromatic nitrogens is 2. The fourth-order valence-corrected chi connectivity index (χ4v) is 1.51. The number of carbonyl (C=O) groups excluding carboxylic acids is 1. The third-order valence-electron chi connectivity index (χ3n) is 2.30. The SMILES string of the molecule is CC(CC(C)(N)C(N)=O)n1cc(Cl)cn1. The summed E-state index contributed by atoms with van der Waals surface area (Å²) in [6.45, 7) is 3.51. The monoisotopic (exact) mass is 230 g/mol. The van der Waals surface area contributed by atoms with Gasteiger partial charge in [0.25, 0.3) is 0 Å². The summed E-state index contributed by atoms with van der Waals surface area (Å²) >= 11 is 5.73. The molecule has 4 N–H and O–H groups in total. The van der Waals surface area contributed by atoms with Gasteiger partial charge in [-0.15, -0.1) is 0 Å². The zero-order chi connectivity index (χ0) is 11.6. The first kappa shape index (κ1) is 12.0. The second-order valence-corrected chi connectivity index (χ2v) is 4.41. The second kappa shape index (κ2) is 4.20. The van der Waals surface area contributed by atoms with Crippen LogP contribution in [0.5, 0.6) is 0 Å². The van der Waals surface area contributed by atoms with Crippen LogP contribution in [0.4, 0.5) is 0 Å². The quantitative estimate of drug-likeness (QED) is 0.798. The summed E-state index contributed by atoms with van der Waals surface area (Å²) in [5.74, 6) is -0.521. The van der Waals surface area contributed by atoms with Crippen LogP contribution in [-0.4, -0.2) is 21.2 Å². The summed E-state index contributed by atoms with van der Waals surface area (Å²) in [7, 11) is 0. The largest absolute Gasteiger partial charge is 0.368 e. The van der Waals surface area contributed by atoms with E-state index in [1.807, 2.05) is 6.92 Å². The number of halogens is 1. The molecular formula is C9H15ClN4O. The van der Waals surface area contributed by atoms with Crippen LogP contribution in [-0.2, 0) is 4.79 Å². The number of hydrogen-bond donors (Lipinski definition) is 2. The summed E-state index contributed by atoms with van der Waals surface area (Å²) in [4.78, 5) is 11.0. The number of nitrogens with two attached hydrogens (primary N) is 2. The number of carbonyl (C=O) groups is 1. The molecule has 5 nitrogen and oxygen atoms in total. The molecule has 0 radical (unpaired) electrons. The van der Waals surface area contributed by atoms with Gasteiger partial charge in [-0.1, -0.05) is 11.6 Å². The van der Waals surface area contributed by atoms with Crippen LogP contribution in [0.25, 0.3) is 0 Å². The molecule has 0 aromatic carbocycles. The lowest BCUT2D eigenvalue weighted by molar-refractivity contribution is -0.123. The molecule has 15 heavy (non-hydrogen) atoms. The molecule has 84 valence electrons. The summed E-state index contributed by atoms with van der Waals surface area (Å²) in [5, 5.41) is 4.59. The Hall–Kier alpha value is -1.07. The molecule has 6 heteroatoms. The third-order valence-corrected chi connectivity index (χ3v) is 2.50. The Morgan fingerprint density at radius 3 is 2.80 bits per heavy atom. The molecule has 1 heterocycles. The fourth-order valence-electron chi connectivity index (χ4n) is 1.36. The van der Waals surface area contributed by atoms with Gasteiger partial charge in [-0.25, -0.2) is 0 Å². The van der Waals surface area contributed by atoms with Gasteiger partial charge in [-0.2, -0.15) is 5.10 Å². The predicted octanol–water partition coefficient (Wildman–Crippen LogP) is 0.690. The molecule has 0 spiro atoms. The van der Waals surface area contributed by atoms with Crippen molar-refractivity contribution in [1.82, 2.24) is 9.78 Å². The third kappa shape index (κ3) is 2.94. The zero-order valence-corrected chi connectivity index (χ0v) is 9.53. The van der Waals surface area contributed by atoms with E-state index in [0.29, 0.717) is 11.4 Å². The Balaban J connectivity index is 2.71. The number of rotatable bonds is 4. The maximum Gasteiger partial charge on any atom is 0.237 e. The van der Waals surface area contributed by atoms with Crippen LogP contribution in [0.3, 0.4) is 0 Å². The van der Waals surface area contributed by atoms with Crippen LogP contribution >= 0.6 is 11.6 Å². The average molecular weight is 231 g/mol. The van der Waals surface area contributed by atoms with Gasteiger partial charge in [-0.3, -0.25) is 9.48 Å². The first-order chi connectivity index (χ1) is 6.83. The van der Waals surface area contributed by atoms with Crippen molar-refractivity contribution in [2.45, 2.75) is 31.8 Å². The highest BCUT2D eigenvalue weighted by atomic mass is 35.5. The minimum atomic E-state index is -1.03. The molecule has 0 saturated heterocycles. The van der Waals surface area contributed by atoms with Crippen molar-refractivity contribution in [2.24, 2.45) is 11.5 Å². The molecule has 1 rings (SSSR count). The van der Waals surface area contributed by atoms with E-state index >= 15 is 0 Å². The molecule has 0 bridgehead atoms. The molecule has 0 aliphatic carbocycles. The van der Waals surface area contributed by atoms with Crippen molar-refractivity contribution in [3.05, 3.63) is 17.4 Å². The van der Waals surface area contributed by atoms with Crippen LogP contribution in [0.15, 0.2) is 12.4 Å². The Morgan fingerprint density at radius 2 is 2.40 bits per heavy atom. The average Bonchev–Trinajstić information content (AvgIpc) is 2.50. The van der Waals surface area contributed by atoms with Crippen molar-refractivity contribution < 1.29 is 4.79 Å². The Morgan fingerprint density at radius 1 is 1.80 bits per heavy atom. The van der Waals surface area contributed by atoms with E-state index in [0.717, 1.165) is 0 Å². The highest BCUT2D eigenvalue weighted by molar-refractivity contribution is 6.30. The predicted molar refractivity (Wildman–Crippen MR) is 58.4 cm³/mol. The lowest BCUT2D eigenvalue weighted by atomic mass is 9.94. The van der Waals surface area contributed by atoms with Gasteiger partial charge in [0, 0.05) is 6.20 Å². The lowest BCUT2D eigenvalue weighted by Crippen LogP contribution is -2.50. The summed E-state index contributed by atoms with van der Waals surface area (Å²) in [5.41, 5.74) is 9.91. The molecule has 0 aliphatic heterocycles. The van der Waals surface area contributed by atoms with Crippen LogP contribution in [0.2, 0.25) is 5.02 Å². The zero-order valence-electron chi connectivity index (χ0n) is 8.77. The van der Waals surface area contributed by atoms with Gasteiger partial charge in [-0.05, 0) is 20.3 Å². The van der Waals surface area contributed by atoms with Gasteiger partial charge in [0.05, 0.1) is 22.8 Å². The summed E-state index contributed by atoms with van der Waals surface area (Å²) < 4.78 is 1.66. The van der Waals surface area contributed by atoms with Crippen molar-refractivity contribution in [1.29, 1.82) is 0 Å². The standard InChI is InChI=1S/C9H15ClN4O/c1-6(3-9(2,12)8(11)15)14-5-7(10)4-13-14/h4-6H,3,12H2,1-2H3,(H2,11,15). The van der Waals surface area contributed by atoms with E-state index in [1.54, 1.807) is 17.8 Å². The lowest BCUT2D eigenvalue weighted by Gasteiger charge is -2.24. The molecule has 2 atom stereocenters. The molecular weight excluding hydrogens is 216 g/mol. The van der Waals surface area contributed by atoms with E-state index in [-0.39, 0.29) is 6.04 Å². The molecule has 1 aromatic rings. The fraction of sp³-hybridized carbons (Fsp3) is 0.556. The van der Waals surface area contributed by atoms with Crippen molar-refractivity contribution in [3.63, 3.8) is 0 Å². The Labute approximate surface area is 93.4 Å². The molecule has 1 aromatic heterocycles. The van der Waals surface area contributed by atoms with Gasteiger partial charge in [0.1, 0.15) is 0 Å². The van der Waals surface area contributed by atoms with E-state index in [1.165, 1.54) is 6.20 Å². The van der Waals surface area contributed by atoms with E-state index in [2.05, 4.69) is 5.10 Å². The maximum absolute atomic E-state index is 11.0. The van der Waals surface area contributed by atoms with Crippen LogP contribution < -0.4 is 11.5 Å². The number of amides is 1.